The average Bonchev–Trinajstić information content (AvgIpc) is 3.05. The smallest absolute Gasteiger partial charge is 0.294 e. The molecule has 0 aromatic heterocycles. The summed E-state index contributed by atoms with van der Waals surface area (Å²) in [7, 11) is 1.61. The Kier molecular flexibility index (Phi) is 5.55. The fourth-order valence-electron chi connectivity index (χ4n) is 4.02. The van der Waals surface area contributed by atoms with Crippen LogP contribution in [0.5, 0.6) is 5.75 Å². The van der Waals surface area contributed by atoms with E-state index in [4.69, 9.17) is 4.74 Å². The Morgan fingerprint density at radius 3 is 2.06 bits per heavy atom. The van der Waals surface area contributed by atoms with Crippen LogP contribution in [-0.2, 0) is 4.79 Å². The number of methoxy groups -OCH3 is 1. The lowest BCUT2D eigenvalue weighted by Gasteiger charge is -2.28. The lowest BCUT2D eigenvalue weighted by Crippen LogP contribution is -2.30. The molecule has 0 spiro atoms. The van der Waals surface area contributed by atoms with Crippen LogP contribution in [0.1, 0.15) is 48.1 Å². The fraction of sp³-hybridized carbons (Fsp3) is 0.222. The molecule has 4 rings (SSSR count). The SMILES string of the molecule is COc1ccc(N2C(=O)C(O)=C(c3ccc(C)cc3)[C@@H]2c2ccc(C(C)C)cc2)cc1. The van der Waals surface area contributed by atoms with Crippen LogP contribution < -0.4 is 9.64 Å². The van der Waals surface area contributed by atoms with Gasteiger partial charge in [0.25, 0.3) is 5.91 Å². The second-order valence-corrected chi connectivity index (χ2v) is 8.23. The third kappa shape index (κ3) is 3.81. The topological polar surface area (TPSA) is 49.8 Å². The van der Waals surface area contributed by atoms with Gasteiger partial charge in [-0.3, -0.25) is 9.69 Å². The van der Waals surface area contributed by atoms with Crippen molar-refractivity contribution in [2.75, 3.05) is 12.0 Å². The molecule has 3 aromatic carbocycles. The average molecular weight is 414 g/mol. The summed E-state index contributed by atoms with van der Waals surface area (Å²) in [6.07, 6.45) is 0. The van der Waals surface area contributed by atoms with Gasteiger partial charge in [0.05, 0.1) is 13.2 Å². The maximum atomic E-state index is 13.3. The molecule has 4 nitrogen and oxygen atoms in total. The summed E-state index contributed by atoms with van der Waals surface area (Å²) in [4.78, 5) is 14.9. The number of rotatable bonds is 5. The van der Waals surface area contributed by atoms with Crippen molar-refractivity contribution < 1.29 is 14.6 Å². The number of anilines is 1. The van der Waals surface area contributed by atoms with Crippen LogP contribution in [0.2, 0.25) is 0 Å². The van der Waals surface area contributed by atoms with E-state index in [0.29, 0.717) is 22.9 Å². The third-order valence-electron chi connectivity index (χ3n) is 5.84. The van der Waals surface area contributed by atoms with Gasteiger partial charge >= 0.3 is 0 Å². The molecule has 0 radical (unpaired) electrons. The number of aliphatic hydroxyl groups is 1. The Labute approximate surface area is 183 Å². The molecule has 1 heterocycles. The van der Waals surface area contributed by atoms with Gasteiger partial charge in [0, 0.05) is 11.3 Å². The number of hydrogen-bond acceptors (Lipinski definition) is 3. The molecule has 158 valence electrons. The second-order valence-electron chi connectivity index (χ2n) is 8.23. The number of nitrogens with zero attached hydrogens (tertiary/aromatic N) is 1. The van der Waals surface area contributed by atoms with E-state index in [-0.39, 0.29) is 5.76 Å². The van der Waals surface area contributed by atoms with Crippen molar-refractivity contribution in [3.05, 3.63) is 101 Å². The van der Waals surface area contributed by atoms with Crippen LogP contribution in [0.3, 0.4) is 0 Å². The molecular weight excluding hydrogens is 386 g/mol. The van der Waals surface area contributed by atoms with E-state index in [2.05, 4.69) is 38.1 Å². The van der Waals surface area contributed by atoms with Gasteiger partial charge in [-0.15, -0.1) is 0 Å². The molecule has 1 aliphatic rings. The normalized spacial score (nSPS) is 16.4. The van der Waals surface area contributed by atoms with E-state index in [1.807, 2.05) is 55.5 Å². The van der Waals surface area contributed by atoms with Gasteiger partial charge in [0.1, 0.15) is 5.75 Å². The highest BCUT2D eigenvalue weighted by molar-refractivity contribution is 6.16. The van der Waals surface area contributed by atoms with Crippen molar-refractivity contribution >= 4 is 17.2 Å². The van der Waals surface area contributed by atoms with Crippen molar-refractivity contribution in [2.45, 2.75) is 32.7 Å². The summed E-state index contributed by atoms with van der Waals surface area (Å²) in [5.74, 6) is 0.512. The zero-order valence-corrected chi connectivity index (χ0v) is 18.3. The van der Waals surface area contributed by atoms with Crippen LogP contribution in [0.15, 0.2) is 78.6 Å². The summed E-state index contributed by atoms with van der Waals surface area (Å²) >= 11 is 0. The minimum absolute atomic E-state index is 0.211. The highest BCUT2D eigenvalue weighted by atomic mass is 16.5. The minimum Gasteiger partial charge on any atom is -0.503 e. The molecule has 0 saturated carbocycles. The van der Waals surface area contributed by atoms with E-state index >= 15 is 0 Å². The first-order chi connectivity index (χ1) is 14.9. The van der Waals surface area contributed by atoms with Crippen molar-refractivity contribution in [2.24, 2.45) is 0 Å². The summed E-state index contributed by atoms with van der Waals surface area (Å²) in [6, 6.07) is 23.1. The zero-order valence-electron chi connectivity index (χ0n) is 18.3. The van der Waals surface area contributed by atoms with E-state index < -0.39 is 11.9 Å². The van der Waals surface area contributed by atoms with Crippen molar-refractivity contribution in [1.29, 1.82) is 0 Å². The van der Waals surface area contributed by atoms with Crippen LogP contribution >= 0.6 is 0 Å². The van der Waals surface area contributed by atoms with Crippen LogP contribution in [0, 0.1) is 6.92 Å². The number of carbonyl (C=O) groups excluding carboxylic acids is 1. The Hall–Kier alpha value is -3.53. The van der Waals surface area contributed by atoms with Crippen LogP contribution in [0.4, 0.5) is 5.69 Å². The Morgan fingerprint density at radius 2 is 1.52 bits per heavy atom. The van der Waals surface area contributed by atoms with E-state index in [1.54, 1.807) is 12.0 Å². The Balaban J connectivity index is 1.86. The van der Waals surface area contributed by atoms with Crippen LogP contribution in [0.25, 0.3) is 5.57 Å². The third-order valence-corrected chi connectivity index (χ3v) is 5.84. The Morgan fingerprint density at radius 1 is 0.903 bits per heavy atom. The first-order valence-electron chi connectivity index (χ1n) is 10.5. The van der Waals surface area contributed by atoms with Crippen LogP contribution in [-0.4, -0.2) is 18.1 Å². The first kappa shape index (κ1) is 20.7. The van der Waals surface area contributed by atoms with Gasteiger partial charge in [0.15, 0.2) is 5.76 Å². The zero-order chi connectivity index (χ0) is 22.1. The molecule has 1 N–H and O–H groups in total. The van der Waals surface area contributed by atoms with Gasteiger partial charge in [-0.25, -0.2) is 0 Å². The minimum atomic E-state index is -0.426. The van der Waals surface area contributed by atoms with Crippen molar-refractivity contribution in [1.82, 2.24) is 0 Å². The lowest BCUT2D eigenvalue weighted by molar-refractivity contribution is -0.117. The molecule has 31 heavy (non-hydrogen) atoms. The van der Waals surface area contributed by atoms with Gasteiger partial charge in [-0.1, -0.05) is 67.9 Å². The molecular formula is C27H27NO3. The van der Waals surface area contributed by atoms with Gasteiger partial charge in [-0.2, -0.15) is 0 Å². The molecule has 0 aliphatic carbocycles. The number of carbonyl (C=O) groups is 1. The summed E-state index contributed by atoms with van der Waals surface area (Å²) < 4.78 is 5.27. The quantitative estimate of drug-likeness (QED) is 0.543. The molecule has 1 atom stereocenters. The van der Waals surface area contributed by atoms with Crippen molar-refractivity contribution in [3.8, 4) is 5.75 Å². The standard InChI is InChI=1S/C27H27NO3/c1-17(2)19-9-11-21(12-10-19)25-24(20-7-5-18(3)6-8-20)26(29)27(30)28(25)22-13-15-23(31-4)16-14-22/h5-17,25,29H,1-4H3/t25-/m0/s1. The Bertz CT molecular complexity index is 1110. The number of benzene rings is 3. The van der Waals surface area contributed by atoms with Gasteiger partial charge in [-0.05, 0) is 53.8 Å². The maximum Gasteiger partial charge on any atom is 0.294 e. The van der Waals surface area contributed by atoms with E-state index in [0.717, 1.165) is 16.7 Å². The number of hydrogen-bond donors (Lipinski definition) is 1. The van der Waals surface area contributed by atoms with Crippen molar-refractivity contribution in [3.63, 3.8) is 0 Å². The molecule has 0 bridgehead atoms. The number of amides is 1. The number of ether oxygens (including phenoxy) is 1. The molecule has 1 amide bonds. The molecule has 3 aromatic rings. The summed E-state index contributed by atoms with van der Waals surface area (Å²) in [6.45, 7) is 6.33. The highest BCUT2D eigenvalue weighted by Gasteiger charge is 2.42. The molecule has 4 heteroatoms. The van der Waals surface area contributed by atoms with E-state index in [1.165, 1.54) is 5.56 Å². The predicted molar refractivity (Wildman–Crippen MR) is 124 cm³/mol. The summed E-state index contributed by atoms with van der Waals surface area (Å²) in [5, 5.41) is 11.0. The monoisotopic (exact) mass is 413 g/mol. The maximum absolute atomic E-state index is 13.3. The van der Waals surface area contributed by atoms with Gasteiger partial charge in [0.2, 0.25) is 0 Å². The largest absolute Gasteiger partial charge is 0.503 e. The second kappa shape index (κ2) is 8.31. The molecule has 1 aliphatic heterocycles. The molecule has 0 saturated heterocycles. The van der Waals surface area contributed by atoms with Gasteiger partial charge < -0.3 is 9.84 Å². The first-order valence-corrected chi connectivity index (χ1v) is 10.5. The lowest BCUT2D eigenvalue weighted by atomic mass is 9.91. The number of aliphatic hydroxyl groups excluding tert-OH is 1. The van der Waals surface area contributed by atoms with E-state index in [9.17, 15) is 9.90 Å². The number of aryl methyl sites for hydroxylation is 1. The fourth-order valence-corrected chi connectivity index (χ4v) is 4.02. The molecule has 0 unspecified atom stereocenters. The summed E-state index contributed by atoms with van der Waals surface area (Å²) in [5.41, 5.74) is 5.47. The highest BCUT2D eigenvalue weighted by Crippen LogP contribution is 2.45. The molecule has 0 fully saturated rings. The predicted octanol–water partition coefficient (Wildman–Crippen LogP) is 6.18.